The number of rotatable bonds is 4. The third kappa shape index (κ3) is 1.69. The third-order valence-corrected chi connectivity index (χ3v) is 5.00. The van der Waals surface area contributed by atoms with Crippen molar-refractivity contribution in [2.24, 2.45) is 5.92 Å². The van der Waals surface area contributed by atoms with E-state index in [4.69, 9.17) is 14.2 Å². The molecule has 5 atom stereocenters. The lowest BCUT2D eigenvalue weighted by Gasteiger charge is -2.27. The Balaban J connectivity index is 1.37. The quantitative estimate of drug-likeness (QED) is 0.780. The van der Waals surface area contributed by atoms with Gasteiger partial charge in [0.2, 0.25) is 0 Å². The van der Waals surface area contributed by atoms with E-state index in [1.807, 2.05) is 18.2 Å². The fraction of sp³-hybridized carbons (Fsp3) is 0.625. The van der Waals surface area contributed by atoms with Crippen molar-refractivity contribution < 1.29 is 14.2 Å². The second-order valence-electron chi connectivity index (χ2n) is 6.48. The lowest BCUT2D eigenvalue weighted by molar-refractivity contribution is -0.109. The van der Waals surface area contributed by atoms with Gasteiger partial charge in [0.1, 0.15) is 17.8 Å². The van der Waals surface area contributed by atoms with E-state index in [0.29, 0.717) is 24.7 Å². The van der Waals surface area contributed by atoms with Crippen LogP contribution in [-0.4, -0.2) is 30.0 Å². The Hall–Kier alpha value is -0.900. The molecule has 0 radical (unpaired) electrons. The van der Waals surface area contributed by atoms with Gasteiger partial charge < -0.3 is 14.2 Å². The fourth-order valence-corrected chi connectivity index (χ4v) is 3.91. The zero-order valence-corrected chi connectivity index (χ0v) is 11.5. The predicted octanol–water partition coefficient (Wildman–Crippen LogP) is 2.54. The summed E-state index contributed by atoms with van der Waals surface area (Å²) < 4.78 is 17.9. The number of ether oxygens (including phenoxy) is 3. The molecule has 3 fully saturated rings. The molecule has 4 rings (SSSR count). The molecule has 1 aromatic carbocycles. The Kier molecular flexibility index (Phi) is 2.39. The highest BCUT2D eigenvalue weighted by atomic mass is 16.7. The number of hydrogen-bond acceptors (Lipinski definition) is 3. The van der Waals surface area contributed by atoms with E-state index < -0.39 is 0 Å². The Morgan fingerprint density at radius 3 is 2.68 bits per heavy atom. The molecule has 3 aliphatic heterocycles. The summed E-state index contributed by atoms with van der Waals surface area (Å²) >= 11 is 0. The van der Waals surface area contributed by atoms with Gasteiger partial charge in [0.25, 0.3) is 0 Å². The van der Waals surface area contributed by atoms with Crippen molar-refractivity contribution in [1.82, 2.24) is 0 Å². The number of epoxide rings is 1. The summed E-state index contributed by atoms with van der Waals surface area (Å²) in [6.45, 7) is 5.80. The highest BCUT2D eigenvalue weighted by molar-refractivity contribution is 5.23. The van der Waals surface area contributed by atoms with Crippen molar-refractivity contribution in [1.29, 1.82) is 0 Å². The maximum Gasteiger partial charge on any atom is 0.116 e. The highest BCUT2D eigenvalue weighted by Crippen LogP contribution is 2.63. The SMILES string of the molecule is CC12CC(COCc3ccccc3)C(C)(O1)C1OC12. The second-order valence-corrected chi connectivity index (χ2v) is 6.48. The zero-order chi connectivity index (χ0) is 13.1. The molecule has 3 heterocycles. The molecule has 0 N–H and O–H groups in total. The molecule has 3 saturated heterocycles. The summed E-state index contributed by atoms with van der Waals surface area (Å²) in [6.07, 6.45) is 1.69. The van der Waals surface area contributed by atoms with Crippen LogP contribution in [0.3, 0.4) is 0 Å². The molecular weight excluding hydrogens is 240 g/mol. The van der Waals surface area contributed by atoms with Crippen LogP contribution in [0, 0.1) is 5.92 Å². The van der Waals surface area contributed by atoms with Gasteiger partial charge in [-0.15, -0.1) is 0 Å². The van der Waals surface area contributed by atoms with Crippen molar-refractivity contribution >= 4 is 0 Å². The molecule has 3 heteroatoms. The number of hydrogen-bond donors (Lipinski definition) is 0. The summed E-state index contributed by atoms with van der Waals surface area (Å²) in [5, 5.41) is 0. The summed E-state index contributed by atoms with van der Waals surface area (Å²) in [7, 11) is 0. The molecular formula is C16H20O3. The minimum absolute atomic E-state index is 0.0693. The fourth-order valence-electron chi connectivity index (χ4n) is 3.91. The first-order chi connectivity index (χ1) is 9.12. The molecule has 1 aromatic rings. The molecule has 0 spiro atoms. The molecule has 0 aliphatic carbocycles. The maximum atomic E-state index is 6.22. The monoisotopic (exact) mass is 260 g/mol. The van der Waals surface area contributed by atoms with Crippen LogP contribution in [0.4, 0.5) is 0 Å². The smallest absolute Gasteiger partial charge is 0.116 e. The van der Waals surface area contributed by atoms with Crippen LogP contribution in [0.15, 0.2) is 30.3 Å². The van der Waals surface area contributed by atoms with Gasteiger partial charge >= 0.3 is 0 Å². The molecule has 3 nitrogen and oxygen atoms in total. The van der Waals surface area contributed by atoms with Crippen LogP contribution >= 0.6 is 0 Å². The van der Waals surface area contributed by atoms with Gasteiger partial charge in [-0.05, 0) is 25.8 Å². The average Bonchev–Trinajstić information content (AvgIpc) is 3.12. The van der Waals surface area contributed by atoms with Gasteiger partial charge in [0.05, 0.1) is 18.8 Å². The van der Waals surface area contributed by atoms with E-state index >= 15 is 0 Å². The van der Waals surface area contributed by atoms with E-state index in [1.165, 1.54) is 5.56 Å². The van der Waals surface area contributed by atoms with Crippen molar-refractivity contribution in [3.8, 4) is 0 Å². The minimum atomic E-state index is -0.129. The van der Waals surface area contributed by atoms with E-state index in [-0.39, 0.29) is 11.2 Å². The number of fused-ring (bicyclic) bond motifs is 5. The Morgan fingerprint density at radius 2 is 2.00 bits per heavy atom. The van der Waals surface area contributed by atoms with Crippen LogP contribution in [0.5, 0.6) is 0 Å². The Labute approximate surface area is 113 Å². The first-order valence-electron chi connectivity index (χ1n) is 7.09. The van der Waals surface area contributed by atoms with Gasteiger partial charge in [0, 0.05) is 5.92 Å². The van der Waals surface area contributed by atoms with Gasteiger partial charge in [-0.1, -0.05) is 30.3 Å². The molecule has 3 aliphatic rings. The summed E-state index contributed by atoms with van der Waals surface area (Å²) in [6, 6.07) is 10.3. The van der Waals surface area contributed by atoms with Crippen molar-refractivity contribution in [3.05, 3.63) is 35.9 Å². The van der Waals surface area contributed by atoms with E-state index in [0.717, 1.165) is 13.0 Å². The normalized spacial score (nSPS) is 46.3. The van der Waals surface area contributed by atoms with E-state index in [9.17, 15) is 0 Å². The highest BCUT2D eigenvalue weighted by Gasteiger charge is 2.76. The Morgan fingerprint density at radius 1 is 1.21 bits per heavy atom. The van der Waals surface area contributed by atoms with Crippen molar-refractivity contribution in [2.75, 3.05) is 6.61 Å². The molecule has 102 valence electrons. The first-order valence-corrected chi connectivity index (χ1v) is 7.09. The largest absolute Gasteiger partial charge is 0.376 e. The van der Waals surface area contributed by atoms with Crippen LogP contribution in [0.2, 0.25) is 0 Å². The van der Waals surface area contributed by atoms with Crippen molar-refractivity contribution in [3.63, 3.8) is 0 Å². The van der Waals surface area contributed by atoms with Crippen LogP contribution in [0.25, 0.3) is 0 Å². The van der Waals surface area contributed by atoms with Crippen LogP contribution in [-0.2, 0) is 20.8 Å². The molecule has 0 aromatic heterocycles. The molecule has 2 bridgehead atoms. The molecule has 0 amide bonds. The van der Waals surface area contributed by atoms with Crippen LogP contribution < -0.4 is 0 Å². The molecule has 19 heavy (non-hydrogen) atoms. The lowest BCUT2D eigenvalue weighted by atomic mass is 9.76. The lowest BCUT2D eigenvalue weighted by Crippen LogP contribution is -2.40. The van der Waals surface area contributed by atoms with Gasteiger partial charge in [-0.2, -0.15) is 0 Å². The van der Waals surface area contributed by atoms with Crippen molar-refractivity contribution in [2.45, 2.75) is 50.3 Å². The molecule has 0 saturated carbocycles. The average molecular weight is 260 g/mol. The summed E-state index contributed by atoms with van der Waals surface area (Å²) in [5.74, 6) is 0.449. The maximum absolute atomic E-state index is 6.22. The number of benzene rings is 1. The van der Waals surface area contributed by atoms with Gasteiger partial charge in [-0.3, -0.25) is 0 Å². The summed E-state index contributed by atoms with van der Waals surface area (Å²) in [5.41, 5.74) is 1.03. The predicted molar refractivity (Wildman–Crippen MR) is 70.8 cm³/mol. The van der Waals surface area contributed by atoms with E-state index in [2.05, 4.69) is 26.0 Å². The minimum Gasteiger partial charge on any atom is -0.376 e. The van der Waals surface area contributed by atoms with E-state index in [1.54, 1.807) is 0 Å². The Bertz CT molecular complexity index is 488. The summed E-state index contributed by atoms with van der Waals surface area (Å²) in [4.78, 5) is 0. The molecule has 5 unspecified atom stereocenters. The van der Waals surface area contributed by atoms with Crippen LogP contribution in [0.1, 0.15) is 25.8 Å². The zero-order valence-electron chi connectivity index (χ0n) is 11.5. The van der Waals surface area contributed by atoms with Gasteiger partial charge in [-0.25, -0.2) is 0 Å². The standard InChI is InChI=1S/C16H20O3/c1-15-8-12(16(2,19-15)14-13(15)18-14)10-17-9-11-6-4-3-5-7-11/h3-7,12-14H,8-10H2,1-2H3. The third-order valence-electron chi connectivity index (χ3n) is 5.00. The second kappa shape index (κ2) is 3.81. The van der Waals surface area contributed by atoms with Gasteiger partial charge in [0.15, 0.2) is 0 Å². The topological polar surface area (TPSA) is 31.0 Å². The first kappa shape index (κ1) is 11.9.